The molecule has 4 heterocycles. The minimum Gasteiger partial charge on any atom is -0.453 e. The largest absolute Gasteiger partial charge is 0.453 e. The van der Waals surface area contributed by atoms with Gasteiger partial charge in [-0.05, 0) is 125 Å². The molecule has 0 radical (unpaired) electrons. The number of rotatable bonds is 13. The monoisotopic (exact) mass is 906 g/mol. The van der Waals surface area contributed by atoms with Crippen molar-refractivity contribution in [3.63, 3.8) is 0 Å². The van der Waals surface area contributed by atoms with E-state index in [2.05, 4.69) is 86.2 Å². The quantitative estimate of drug-likeness (QED) is 0.0771. The molecule has 2 aromatic heterocycles. The molecular weight excluding hydrogens is 845 g/mol. The number of benzene rings is 3. The summed E-state index contributed by atoms with van der Waals surface area (Å²) in [6.45, 7) is 7.87. The molecule has 3 aromatic carbocycles. The van der Waals surface area contributed by atoms with Gasteiger partial charge in [0.15, 0.2) is 0 Å². The molecule has 6 aliphatic rings. The Morgan fingerprint density at radius 2 is 1.13 bits per heavy atom. The van der Waals surface area contributed by atoms with Crippen LogP contribution in [0.25, 0.3) is 44.8 Å². The molecule has 11 unspecified atom stereocenters. The van der Waals surface area contributed by atoms with Crippen LogP contribution in [0.5, 0.6) is 0 Å². The number of aromatic amines is 2. The number of alkyl carbamates (subject to hydrolysis) is 2. The number of nitrogens with one attached hydrogen (secondary N) is 4. The SMILES string of the molecule is COC(=O)NC(C(=O)N1C(c2ncc(-c3ccc(-c4ccc(-c5ccc(-c6cnc(C7CC8CC8N7C(O)C(NC(=O)OC)C(C)C)[nH]6)cc5)c5c4C4CCC5C4)cc3)[nH]2)CC2CC21)C(C)C. The zero-order valence-electron chi connectivity index (χ0n) is 39.2. The number of aliphatic hydroxyl groups is 1. The highest BCUT2D eigenvalue weighted by atomic mass is 16.5. The van der Waals surface area contributed by atoms with E-state index in [1.807, 2.05) is 45.0 Å². The van der Waals surface area contributed by atoms with E-state index < -0.39 is 30.5 Å². The van der Waals surface area contributed by atoms with Gasteiger partial charge in [0.25, 0.3) is 0 Å². The first-order chi connectivity index (χ1) is 32.4. The summed E-state index contributed by atoms with van der Waals surface area (Å²) >= 11 is 0. The number of aliphatic hydroxyl groups excluding tert-OH is 1. The van der Waals surface area contributed by atoms with Crippen LogP contribution >= 0.6 is 0 Å². The fourth-order valence-corrected chi connectivity index (χ4v) is 12.5. The minimum absolute atomic E-state index is 0.00609. The fourth-order valence-electron chi connectivity index (χ4n) is 12.5. The molecule has 14 heteroatoms. The van der Waals surface area contributed by atoms with Gasteiger partial charge < -0.3 is 40.1 Å². The summed E-state index contributed by atoms with van der Waals surface area (Å²) in [6.07, 6.45) is 9.22. The van der Waals surface area contributed by atoms with E-state index in [1.54, 1.807) is 0 Å². The molecule has 0 spiro atoms. The number of hydrogen-bond donors (Lipinski definition) is 5. The highest BCUT2D eigenvalue weighted by Crippen LogP contribution is 2.59. The number of aromatic nitrogens is 4. The molecule has 350 valence electrons. The summed E-state index contributed by atoms with van der Waals surface area (Å²) in [5.41, 5.74) is 12.0. The maximum Gasteiger partial charge on any atom is 0.407 e. The zero-order valence-corrected chi connectivity index (χ0v) is 39.2. The number of fused-ring (bicyclic) bond motifs is 7. The third-order valence-electron chi connectivity index (χ3n) is 16.1. The molecule has 2 saturated heterocycles. The first-order valence-electron chi connectivity index (χ1n) is 24.4. The standard InChI is InChI=1S/C53H62N8O6/c1-26(2)46(58-52(64)66-5)50(62)60-40-20-34(40)22-42(60)48-54-24-38(56-48)30-11-7-28(8-12-30)36-17-18-37(45-33-16-15-32(19-33)44(36)45)29-9-13-31(14-10-29)39-25-55-49(57-39)43-23-35-21-41(35)61(43)51(63)47(27(3)4)59-53(65)67-6/h7-14,17-18,24-27,32-35,40-43,46-47,50,62H,15-16,19-23H2,1-6H3,(H,54,56)(H,55,57)(H,58,64)(H,59,65). The van der Waals surface area contributed by atoms with Gasteiger partial charge in [-0.3, -0.25) is 9.69 Å². The van der Waals surface area contributed by atoms with Crippen LogP contribution in [-0.4, -0.2) is 97.6 Å². The predicted octanol–water partition coefficient (Wildman–Crippen LogP) is 9.04. The Kier molecular flexibility index (Phi) is 11.0. The molecule has 5 aromatic rings. The molecule has 11 atom stereocenters. The first kappa shape index (κ1) is 43.6. The topological polar surface area (TPSA) is 178 Å². The van der Waals surface area contributed by atoms with Gasteiger partial charge in [-0.15, -0.1) is 0 Å². The number of hydrogen-bond acceptors (Lipinski definition) is 9. The number of methoxy groups -OCH3 is 2. The van der Waals surface area contributed by atoms with Crippen LogP contribution in [0.3, 0.4) is 0 Å². The Morgan fingerprint density at radius 3 is 1.67 bits per heavy atom. The second kappa shape index (κ2) is 17.0. The van der Waals surface area contributed by atoms with Crippen LogP contribution < -0.4 is 10.6 Å². The molecule has 3 amide bonds. The Bertz CT molecular complexity index is 2690. The molecule has 67 heavy (non-hydrogen) atoms. The van der Waals surface area contributed by atoms with Gasteiger partial charge in [0.1, 0.15) is 23.9 Å². The summed E-state index contributed by atoms with van der Waals surface area (Å²) in [5.74, 6) is 3.53. The Morgan fingerprint density at radius 1 is 0.642 bits per heavy atom. The number of imidazole rings is 2. The van der Waals surface area contributed by atoms with Crippen molar-refractivity contribution in [1.82, 2.24) is 40.4 Å². The van der Waals surface area contributed by atoms with Crippen LogP contribution in [0.15, 0.2) is 73.1 Å². The van der Waals surface area contributed by atoms with Crippen LogP contribution in [0.1, 0.15) is 119 Å². The van der Waals surface area contributed by atoms with Gasteiger partial charge >= 0.3 is 12.2 Å². The number of piperidine rings is 2. The van der Waals surface area contributed by atoms with E-state index in [4.69, 9.17) is 19.4 Å². The van der Waals surface area contributed by atoms with Crippen molar-refractivity contribution in [2.45, 2.75) is 127 Å². The smallest absolute Gasteiger partial charge is 0.407 e. The third kappa shape index (κ3) is 7.69. The van der Waals surface area contributed by atoms with E-state index in [1.165, 1.54) is 66.9 Å². The van der Waals surface area contributed by atoms with Crippen molar-refractivity contribution < 1.29 is 29.0 Å². The second-order valence-electron chi connectivity index (χ2n) is 20.7. The lowest BCUT2D eigenvalue weighted by Crippen LogP contribution is -2.55. The molecule has 5 fully saturated rings. The van der Waals surface area contributed by atoms with E-state index in [9.17, 15) is 19.5 Å². The van der Waals surface area contributed by atoms with Crippen molar-refractivity contribution in [2.24, 2.45) is 23.7 Å². The lowest BCUT2D eigenvalue weighted by molar-refractivity contribution is -0.136. The molecule has 2 aliphatic heterocycles. The second-order valence-corrected chi connectivity index (χ2v) is 20.7. The molecule has 5 N–H and O–H groups in total. The van der Waals surface area contributed by atoms with Crippen molar-refractivity contribution in [1.29, 1.82) is 0 Å². The van der Waals surface area contributed by atoms with Gasteiger partial charge in [-0.1, -0.05) is 88.4 Å². The highest BCUT2D eigenvalue weighted by Gasteiger charge is 2.57. The lowest BCUT2D eigenvalue weighted by Gasteiger charge is -2.37. The molecule has 2 bridgehead atoms. The molecule has 11 rings (SSSR count). The summed E-state index contributed by atoms with van der Waals surface area (Å²) < 4.78 is 9.71. The zero-order chi connectivity index (χ0) is 46.4. The number of amides is 3. The average molecular weight is 907 g/mol. The molecular formula is C53H62N8O6. The van der Waals surface area contributed by atoms with Crippen LogP contribution in [0.2, 0.25) is 0 Å². The van der Waals surface area contributed by atoms with Crippen molar-refractivity contribution >= 4 is 18.1 Å². The number of nitrogens with zero attached hydrogens (tertiary/aromatic N) is 4. The van der Waals surface area contributed by atoms with Gasteiger partial charge in [0.05, 0.1) is 56.1 Å². The van der Waals surface area contributed by atoms with Crippen LogP contribution in [0, 0.1) is 23.7 Å². The third-order valence-corrected chi connectivity index (χ3v) is 16.1. The van der Waals surface area contributed by atoms with Crippen molar-refractivity contribution in [3.8, 4) is 44.8 Å². The normalized spacial score (nSPS) is 26.8. The Labute approximate surface area is 391 Å². The Balaban J connectivity index is 0.803. The fraction of sp³-hybridized carbons (Fsp3) is 0.491. The highest BCUT2D eigenvalue weighted by molar-refractivity contribution is 5.87. The average Bonchev–Trinajstić information content (AvgIpc) is 3.80. The first-order valence-corrected chi connectivity index (χ1v) is 24.4. The van der Waals surface area contributed by atoms with Gasteiger partial charge in [0.2, 0.25) is 5.91 Å². The number of likely N-dealkylation sites (tertiary alicyclic amines) is 2. The maximum atomic E-state index is 13.9. The predicted molar refractivity (Wildman–Crippen MR) is 253 cm³/mol. The number of H-pyrrole nitrogens is 2. The molecule has 14 nitrogen and oxygen atoms in total. The van der Waals surface area contributed by atoms with Gasteiger partial charge in [0, 0.05) is 12.1 Å². The maximum absolute atomic E-state index is 13.9. The number of carbonyl (C=O) groups is 3. The van der Waals surface area contributed by atoms with Gasteiger partial charge in [-0.25, -0.2) is 19.6 Å². The Hall–Kier alpha value is -5.99. The minimum atomic E-state index is -0.864. The van der Waals surface area contributed by atoms with Crippen LogP contribution in [-0.2, 0) is 14.3 Å². The number of ether oxygens (including phenoxy) is 2. The summed E-state index contributed by atoms with van der Waals surface area (Å²) in [7, 11) is 2.66. The summed E-state index contributed by atoms with van der Waals surface area (Å²) in [5, 5.41) is 17.3. The van der Waals surface area contributed by atoms with E-state index in [0.717, 1.165) is 59.8 Å². The van der Waals surface area contributed by atoms with Crippen molar-refractivity contribution in [3.05, 3.63) is 95.8 Å². The van der Waals surface area contributed by atoms with E-state index >= 15 is 0 Å². The van der Waals surface area contributed by atoms with Crippen LogP contribution in [0.4, 0.5) is 9.59 Å². The van der Waals surface area contributed by atoms with Gasteiger partial charge in [-0.2, -0.15) is 0 Å². The summed E-state index contributed by atoms with van der Waals surface area (Å²) in [4.78, 5) is 59.2. The van der Waals surface area contributed by atoms with E-state index in [-0.39, 0.29) is 41.9 Å². The number of carbonyl (C=O) groups excluding carboxylic acids is 3. The lowest BCUT2D eigenvalue weighted by atomic mass is 9.81. The van der Waals surface area contributed by atoms with E-state index in [0.29, 0.717) is 23.7 Å². The molecule has 4 aliphatic carbocycles. The summed E-state index contributed by atoms with van der Waals surface area (Å²) in [6, 6.07) is 21.4. The molecule has 3 saturated carbocycles. The van der Waals surface area contributed by atoms with Crippen molar-refractivity contribution in [2.75, 3.05) is 14.2 Å².